The Morgan fingerprint density at radius 1 is 1.10 bits per heavy atom. The van der Waals surface area contributed by atoms with Crippen molar-refractivity contribution in [2.75, 3.05) is 13.1 Å². The molecule has 0 unspecified atom stereocenters. The van der Waals surface area contributed by atoms with Gasteiger partial charge in [-0.05, 0) is 73.3 Å². The Bertz CT molecular complexity index is 2000. The third kappa shape index (κ3) is 4.20. The first kappa shape index (κ1) is 25.3. The molecule has 0 radical (unpaired) electrons. The fraction of sp³-hybridized carbons (Fsp3) is 0.267. The van der Waals surface area contributed by atoms with E-state index in [2.05, 4.69) is 25.8 Å². The summed E-state index contributed by atoms with van der Waals surface area (Å²) in [5, 5.41) is 5.43. The Hall–Kier alpha value is -4.00. The Morgan fingerprint density at radius 2 is 1.87 bits per heavy atom. The second-order valence-corrected chi connectivity index (χ2v) is 11.7. The van der Waals surface area contributed by atoms with Crippen molar-refractivity contribution in [1.82, 2.24) is 19.9 Å². The van der Waals surface area contributed by atoms with E-state index in [1.807, 2.05) is 44.2 Å². The maximum absolute atomic E-state index is 14.1. The molecule has 39 heavy (non-hydrogen) atoms. The van der Waals surface area contributed by atoms with Crippen LogP contribution in [0.1, 0.15) is 49.8 Å². The zero-order valence-corrected chi connectivity index (χ0v) is 22.4. The first-order chi connectivity index (χ1) is 18.7. The monoisotopic (exact) mass is 542 g/mol. The lowest BCUT2D eigenvalue weighted by Gasteiger charge is -2.28. The van der Waals surface area contributed by atoms with E-state index in [1.54, 1.807) is 0 Å². The number of rotatable bonds is 4. The van der Waals surface area contributed by atoms with Crippen molar-refractivity contribution in [2.45, 2.75) is 43.5 Å². The molecule has 0 saturated carbocycles. The summed E-state index contributed by atoms with van der Waals surface area (Å²) in [5.41, 5.74) is 4.92. The molecule has 2 aromatic carbocycles. The summed E-state index contributed by atoms with van der Waals surface area (Å²) in [6.45, 7) is 5.70. The first-order valence-corrected chi connectivity index (χ1v) is 14.3. The Balaban J connectivity index is 1.76. The minimum Gasteiger partial charge on any atom is -0.340 e. The van der Waals surface area contributed by atoms with Crippen molar-refractivity contribution in [3.63, 3.8) is 0 Å². The van der Waals surface area contributed by atoms with Gasteiger partial charge >= 0.3 is 10.2 Å². The van der Waals surface area contributed by atoms with Crippen LogP contribution in [-0.2, 0) is 10.2 Å². The van der Waals surface area contributed by atoms with Crippen LogP contribution in [0.2, 0.25) is 0 Å². The Morgan fingerprint density at radius 3 is 2.56 bits per heavy atom. The van der Waals surface area contributed by atoms with Gasteiger partial charge in [-0.15, -0.1) is 10.3 Å². The molecule has 0 aliphatic carbocycles. The molecule has 1 fully saturated rings. The van der Waals surface area contributed by atoms with Crippen LogP contribution in [0.3, 0.4) is 0 Å². The number of H-pyrrole nitrogens is 1. The van der Waals surface area contributed by atoms with Gasteiger partial charge < -0.3 is 14.9 Å². The van der Waals surface area contributed by atoms with Gasteiger partial charge in [-0.25, -0.2) is 0 Å². The highest BCUT2D eigenvalue weighted by Gasteiger charge is 2.25. The second-order valence-electron chi connectivity index (χ2n) is 10.4. The normalized spacial score (nSPS) is 14.9. The molecule has 2 N–H and O–H groups in total. The number of nitrogens with one attached hydrogen (secondary N) is 2. The van der Waals surface area contributed by atoms with Gasteiger partial charge in [-0.2, -0.15) is 8.42 Å². The van der Waals surface area contributed by atoms with Crippen molar-refractivity contribution in [1.29, 1.82) is 0 Å². The summed E-state index contributed by atoms with van der Waals surface area (Å²) in [4.78, 5) is 21.1. The molecule has 1 aliphatic rings. The van der Waals surface area contributed by atoms with Crippen molar-refractivity contribution >= 4 is 43.1 Å². The summed E-state index contributed by atoms with van der Waals surface area (Å²) in [6.07, 6.45) is 9.91. The second kappa shape index (κ2) is 9.33. The Labute approximate surface area is 225 Å². The molecule has 5 aromatic rings. The number of aromatic nitrogens is 3. The zero-order valence-electron chi connectivity index (χ0n) is 21.6. The lowest BCUT2D eigenvalue weighted by atomic mass is 9.90. The highest BCUT2D eigenvalue weighted by molar-refractivity contribution is 7.86. The lowest BCUT2D eigenvalue weighted by molar-refractivity contribution is 0.381. The molecular weight excluding hydrogens is 515 g/mol. The molecule has 0 bridgehead atoms. The van der Waals surface area contributed by atoms with E-state index in [9.17, 15) is 17.1 Å². The number of piperidine rings is 1. The molecule has 1 aliphatic heterocycles. The minimum absolute atomic E-state index is 0.00128. The Kier molecular flexibility index (Phi) is 6.05. The molecular formula is C30H27FN4O3S. The first-order valence-electron chi connectivity index (χ1n) is 12.9. The fourth-order valence-corrected chi connectivity index (χ4v) is 6.25. The molecule has 198 valence electrons. The maximum Gasteiger partial charge on any atom is 0.333 e. The average Bonchev–Trinajstić information content (AvgIpc) is 3.31. The summed E-state index contributed by atoms with van der Waals surface area (Å²) < 4.78 is 39.4. The van der Waals surface area contributed by atoms with Crippen LogP contribution in [0.5, 0.6) is 0 Å². The summed E-state index contributed by atoms with van der Waals surface area (Å²) in [5.74, 6) is 2.66. The number of hydrogen-bond acceptors (Lipinski definition) is 5. The van der Waals surface area contributed by atoms with Crippen LogP contribution in [0.15, 0.2) is 58.5 Å². The van der Waals surface area contributed by atoms with Crippen molar-refractivity contribution in [3.8, 4) is 23.5 Å². The van der Waals surface area contributed by atoms with Crippen LogP contribution in [0.25, 0.3) is 44.0 Å². The molecule has 9 heteroatoms. The van der Waals surface area contributed by atoms with E-state index < -0.39 is 15.1 Å². The lowest BCUT2D eigenvalue weighted by Crippen LogP contribution is -2.30. The van der Waals surface area contributed by atoms with E-state index in [4.69, 9.17) is 6.42 Å². The predicted octanol–water partition coefficient (Wildman–Crippen LogP) is 5.39. The van der Waals surface area contributed by atoms with E-state index in [-0.39, 0.29) is 17.4 Å². The number of fused-ring (bicyclic) bond motifs is 4. The van der Waals surface area contributed by atoms with Crippen molar-refractivity contribution < 1.29 is 12.3 Å². The van der Waals surface area contributed by atoms with Gasteiger partial charge in [0.05, 0.1) is 10.9 Å². The maximum atomic E-state index is 14.1. The number of benzene rings is 2. The van der Waals surface area contributed by atoms with Gasteiger partial charge in [0.1, 0.15) is 10.5 Å². The number of hydrogen-bond donors (Lipinski definition) is 2. The van der Waals surface area contributed by atoms with Gasteiger partial charge in [0.2, 0.25) is 0 Å². The number of halogens is 1. The molecule has 0 spiro atoms. The molecule has 4 heterocycles. The smallest absolute Gasteiger partial charge is 0.333 e. The summed E-state index contributed by atoms with van der Waals surface area (Å²) in [6, 6.07) is 10.9. The van der Waals surface area contributed by atoms with Crippen LogP contribution in [-0.4, -0.2) is 36.0 Å². The highest BCUT2D eigenvalue weighted by Crippen LogP contribution is 2.37. The van der Waals surface area contributed by atoms with Crippen molar-refractivity contribution in [2.24, 2.45) is 0 Å². The van der Waals surface area contributed by atoms with Crippen molar-refractivity contribution in [3.05, 3.63) is 70.1 Å². The standard InChI is InChI=1S/C30H27FN4O3S/c1-4-18-5-6-22-26(11-18)34-30-28(22)29(36)25-13-23(17(2)3)24(19-12-21(16-33-15-19)39(31,37)38)14-27(25)35(30)20-7-9-32-10-8-20/h1,5-6,11-17,20,32,34H,7-10H2,2-3H3. The predicted molar refractivity (Wildman–Crippen MR) is 152 cm³/mol. The summed E-state index contributed by atoms with van der Waals surface area (Å²) in [7, 11) is -4.93. The van der Waals surface area contributed by atoms with Crippen LogP contribution < -0.4 is 10.7 Å². The van der Waals surface area contributed by atoms with Crippen LogP contribution in [0, 0.1) is 12.3 Å². The quantitative estimate of drug-likeness (QED) is 0.235. The minimum atomic E-state index is -4.93. The molecule has 0 amide bonds. The largest absolute Gasteiger partial charge is 0.340 e. The molecule has 6 rings (SSSR count). The highest BCUT2D eigenvalue weighted by atomic mass is 32.3. The number of terminal acetylenes is 1. The molecule has 1 saturated heterocycles. The SMILES string of the molecule is C#Cc1ccc2c(c1)[nH]c1c2c(=O)c2cc(C(C)C)c(-c3cncc(S(=O)(=O)F)c3)cc2n1C1CCNCC1. The molecule has 3 aromatic heterocycles. The topological polar surface area (TPSA) is 96.8 Å². The van der Waals surface area contributed by atoms with Gasteiger partial charge in [0.15, 0.2) is 5.43 Å². The summed E-state index contributed by atoms with van der Waals surface area (Å²) >= 11 is 0. The van der Waals surface area contributed by atoms with Gasteiger partial charge in [0.25, 0.3) is 0 Å². The third-order valence-corrected chi connectivity index (χ3v) is 8.47. The number of pyridine rings is 2. The van der Waals surface area contributed by atoms with E-state index >= 15 is 0 Å². The van der Waals surface area contributed by atoms with Gasteiger partial charge in [-0.3, -0.25) is 9.78 Å². The molecule has 0 atom stereocenters. The zero-order chi connectivity index (χ0) is 27.5. The number of nitrogens with zero attached hydrogens (tertiary/aromatic N) is 2. The van der Waals surface area contributed by atoms with E-state index in [0.717, 1.165) is 65.3 Å². The molecule has 7 nitrogen and oxygen atoms in total. The number of aromatic amines is 1. The third-order valence-electron chi connectivity index (χ3n) is 7.69. The van der Waals surface area contributed by atoms with E-state index in [0.29, 0.717) is 21.9 Å². The van der Waals surface area contributed by atoms with Gasteiger partial charge in [0, 0.05) is 45.9 Å². The average molecular weight is 543 g/mol. The fourth-order valence-electron chi connectivity index (χ4n) is 5.80. The van der Waals surface area contributed by atoms with Gasteiger partial charge in [-0.1, -0.05) is 25.8 Å². The van der Waals surface area contributed by atoms with Crippen LogP contribution in [0.4, 0.5) is 3.89 Å². The van der Waals surface area contributed by atoms with E-state index in [1.165, 1.54) is 12.3 Å². The van der Waals surface area contributed by atoms with Crippen LogP contribution >= 0.6 is 0 Å².